The number of ether oxygens (including phenoxy) is 2. The van der Waals surface area contributed by atoms with Gasteiger partial charge in [-0.25, -0.2) is 9.37 Å². The molecule has 0 spiro atoms. The average Bonchev–Trinajstić information content (AvgIpc) is 3.30. The number of anilines is 4. The standard InChI is InChI=1S/C31H34ClFN6O3/c1-6-30(40)36-23-15-24(28(41-5)16-26(23)38(4)10-9-37(2)3)35-29-14-21(22(33)17-34-29)31-20-8-7-19(32)13-25(20)39-11-12-42-18-27(31)39/h6-8,13-17H,1,9-12,18H2,2-5H3,(H,34,35)(H,36,40). The van der Waals surface area contributed by atoms with Gasteiger partial charge in [0.05, 0.1) is 54.8 Å². The zero-order valence-corrected chi connectivity index (χ0v) is 24.9. The van der Waals surface area contributed by atoms with Crippen molar-refractivity contribution in [3.05, 3.63) is 71.8 Å². The highest BCUT2D eigenvalue weighted by Gasteiger charge is 2.24. The zero-order valence-electron chi connectivity index (χ0n) is 24.1. The van der Waals surface area contributed by atoms with Gasteiger partial charge in [0.25, 0.3) is 0 Å². The van der Waals surface area contributed by atoms with E-state index in [0.717, 1.165) is 34.4 Å². The van der Waals surface area contributed by atoms with Crippen molar-refractivity contribution < 1.29 is 18.7 Å². The molecule has 11 heteroatoms. The molecule has 5 rings (SSSR count). The third-order valence-electron chi connectivity index (χ3n) is 7.27. The predicted octanol–water partition coefficient (Wildman–Crippen LogP) is 5.90. The number of likely N-dealkylation sites (N-methyl/N-ethyl adjacent to an activating group) is 2. The van der Waals surface area contributed by atoms with Crippen LogP contribution < -0.4 is 20.3 Å². The van der Waals surface area contributed by atoms with E-state index in [0.29, 0.717) is 59.8 Å². The normalized spacial score (nSPS) is 12.7. The van der Waals surface area contributed by atoms with E-state index in [4.69, 9.17) is 21.1 Å². The van der Waals surface area contributed by atoms with Crippen LogP contribution in [0.3, 0.4) is 0 Å². The number of methoxy groups -OCH3 is 1. The summed E-state index contributed by atoms with van der Waals surface area (Å²) in [7, 11) is 7.52. The molecule has 0 saturated carbocycles. The minimum absolute atomic E-state index is 0.344. The second kappa shape index (κ2) is 12.4. The number of carbonyl (C=O) groups is 1. The van der Waals surface area contributed by atoms with E-state index >= 15 is 4.39 Å². The van der Waals surface area contributed by atoms with Gasteiger partial charge in [-0.05, 0) is 44.4 Å². The first-order valence-corrected chi connectivity index (χ1v) is 13.9. The van der Waals surface area contributed by atoms with Crippen LogP contribution in [0, 0.1) is 5.82 Å². The van der Waals surface area contributed by atoms with Crippen molar-refractivity contribution in [1.82, 2.24) is 14.5 Å². The van der Waals surface area contributed by atoms with E-state index in [-0.39, 0.29) is 5.91 Å². The third kappa shape index (κ3) is 5.92. The average molecular weight is 593 g/mol. The Bertz CT molecular complexity index is 1650. The minimum Gasteiger partial charge on any atom is -0.494 e. The number of benzene rings is 2. The number of nitrogens with zero attached hydrogens (tertiary/aromatic N) is 4. The number of rotatable bonds is 10. The SMILES string of the molecule is C=CC(=O)Nc1cc(Nc2cc(-c3c4n(c5cc(Cl)ccc35)CCOC4)c(F)cn2)c(OC)cc1N(C)CCN(C)C. The maximum atomic E-state index is 15.5. The lowest BCUT2D eigenvalue weighted by atomic mass is 10.0. The topological polar surface area (TPSA) is 83.9 Å². The van der Waals surface area contributed by atoms with Crippen molar-refractivity contribution >= 4 is 51.3 Å². The predicted molar refractivity (Wildman–Crippen MR) is 167 cm³/mol. The lowest BCUT2D eigenvalue weighted by Gasteiger charge is -2.26. The Labute approximate surface area is 249 Å². The summed E-state index contributed by atoms with van der Waals surface area (Å²) in [5.41, 5.74) is 4.82. The van der Waals surface area contributed by atoms with Gasteiger partial charge in [0.1, 0.15) is 17.4 Å². The number of hydrogen-bond acceptors (Lipinski definition) is 7. The summed E-state index contributed by atoms with van der Waals surface area (Å²) in [6, 6.07) is 10.9. The molecule has 2 aromatic carbocycles. The lowest BCUT2D eigenvalue weighted by molar-refractivity contribution is -0.111. The number of amides is 1. The van der Waals surface area contributed by atoms with Gasteiger partial charge < -0.3 is 34.5 Å². The molecule has 3 heterocycles. The van der Waals surface area contributed by atoms with Gasteiger partial charge in [-0.2, -0.15) is 0 Å². The molecule has 0 atom stereocenters. The summed E-state index contributed by atoms with van der Waals surface area (Å²) in [5, 5.41) is 7.66. The fraction of sp³-hybridized carbons (Fsp3) is 0.290. The molecule has 0 saturated heterocycles. The first-order valence-electron chi connectivity index (χ1n) is 13.5. The molecule has 2 aromatic heterocycles. The Balaban J connectivity index is 1.57. The Kier molecular flexibility index (Phi) is 8.67. The van der Waals surface area contributed by atoms with Crippen LogP contribution in [0.25, 0.3) is 22.0 Å². The number of fused-ring (bicyclic) bond motifs is 3. The highest BCUT2D eigenvalue weighted by Crippen LogP contribution is 2.41. The fourth-order valence-electron chi connectivity index (χ4n) is 5.15. The van der Waals surface area contributed by atoms with E-state index in [2.05, 4.69) is 31.7 Å². The van der Waals surface area contributed by atoms with Gasteiger partial charge in [0.2, 0.25) is 5.91 Å². The van der Waals surface area contributed by atoms with Crippen molar-refractivity contribution in [2.75, 3.05) is 63.5 Å². The molecule has 42 heavy (non-hydrogen) atoms. The number of halogens is 2. The van der Waals surface area contributed by atoms with Crippen molar-refractivity contribution in [2.24, 2.45) is 0 Å². The smallest absolute Gasteiger partial charge is 0.247 e. The fourth-order valence-corrected chi connectivity index (χ4v) is 5.31. The second-order valence-corrected chi connectivity index (χ2v) is 10.8. The molecule has 1 amide bonds. The number of carbonyl (C=O) groups excluding carboxylic acids is 1. The Morgan fingerprint density at radius 1 is 1.21 bits per heavy atom. The Morgan fingerprint density at radius 2 is 2.02 bits per heavy atom. The highest BCUT2D eigenvalue weighted by molar-refractivity contribution is 6.31. The number of pyridine rings is 1. The number of nitrogens with one attached hydrogen (secondary N) is 2. The first-order chi connectivity index (χ1) is 20.2. The molecule has 1 aliphatic rings. The van der Waals surface area contributed by atoms with E-state index in [1.807, 2.05) is 44.2 Å². The molecule has 0 bridgehead atoms. The van der Waals surface area contributed by atoms with Crippen LogP contribution in [0.4, 0.5) is 27.3 Å². The van der Waals surface area contributed by atoms with Crippen LogP contribution in [-0.2, 0) is 22.7 Å². The van der Waals surface area contributed by atoms with Crippen molar-refractivity contribution in [3.63, 3.8) is 0 Å². The van der Waals surface area contributed by atoms with Gasteiger partial charge in [-0.15, -0.1) is 0 Å². The van der Waals surface area contributed by atoms with Crippen LogP contribution in [0.2, 0.25) is 5.02 Å². The number of aromatic nitrogens is 2. The highest BCUT2D eigenvalue weighted by atomic mass is 35.5. The largest absolute Gasteiger partial charge is 0.494 e. The minimum atomic E-state index is -0.458. The van der Waals surface area contributed by atoms with Gasteiger partial charge >= 0.3 is 0 Å². The summed E-state index contributed by atoms with van der Waals surface area (Å²) in [6.07, 6.45) is 2.41. The Hall–Kier alpha value is -4.12. The number of hydrogen-bond donors (Lipinski definition) is 2. The molecule has 0 unspecified atom stereocenters. The summed E-state index contributed by atoms with van der Waals surface area (Å²) in [6.45, 7) is 6.68. The van der Waals surface area contributed by atoms with Gasteiger partial charge in [0.15, 0.2) is 0 Å². The van der Waals surface area contributed by atoms with Crippen LogP contribution >= 0.6 is 11.6 Å². The monoisotopic (exact) mass is 592 g/mol. The third-order valence-corrected chi connectivity index (χ3v) is 7.51. The first kappa shape index (κ1) is 29.4. The quantitative estimate of drug-likeness (QED) is 0.222. The van der Waals surface area contributed by atoms with E-state index in [1.165, 1.54) is 12.3 Å². The molecule has 0 aliphatic carbocycles. The molecular formula is C31H34ClFN6O3. The molecule has 220 valence electrons. The maximum absolute atomic E-state index is 15.5. The van der Waals surface area contributed by atoms with Crippen LogP contribution in [0.1, 0.15) is 5.69 Å². The lowest BCUT2D eigenvalue weighted by Crippen LogP contribution is -2.29. The van der Waals surface area contributed by atoms with Gasteiger partial charge in [-0.1, -0.05) is 24.2 Å². The zero-order chi connectivity index (χ0) is 30.0. The van der Waals surface area contributed by atoms with Gasteiger partial charge in [0, 0.05) is 54.3 Å². The van der Waals surface area contributed by atoms with Crippen molar-refractivity contribution in [2.45, 2.75) is 13.2 Å². The molecule has 0 radical (unpaired) electrons. The summed E-state index contributed by atoms with van der Waals surface area (Å²) < 4.78 is 29.1. The molecule has 2 N–H and O–H groups in total. The van der Waals surface area contributed by atoms with Crippen LogP contribution in [-0.4, -0.2) is 68.3 Å². The second-order valence-electron chi connectivity index (χ2n) is 10.3. The summed E-state index contributed by atoms with van der Waals surface area (Å²) >= 11 is 6.32. The van der Waals surface area contributed by atoms with Crippen molar-refractivity contribution in [3.8, 4) is 16.9 Å². The molecular weight excluding hydrogens is 559 g/mol. The molecule has 0 fully saturated rings. The van der Waals surface area contributed by atoms with Gasteiger partial charge in [-0.3, -0.25) is 4.79 Å². The van der Waals surface area contributed by atoms with E-state index < -0.39 is 5.82 Å². The van der Waals surface area contributed by atoms with Crippen molar-refractivity contribution in [1.29, 1.82) is 0 Å². The van der Waals surface area contributed by atoms with E-state index in [1.54, 1.807) is 25.3 Å². The summed E-state index contributed by atoms with van der Waals surface area (Å²) in [5.74, 6) is 0.127. The van der Waals surface area contributed by atoms with Crippen LogP contribution in [0.15, 0.2) is 55.3 Å². The Morgan fingerprint density at radius 3 is 2.76 bits per heavy atom. The van der Waals surface area contributed by atoms with E-state index in [9.17, 15) is 4.79 Å². The molecule has 4 aromatic rings. The molecule has 9 nitrogen and oxygen atoms in total. The van der Waals surface area contributed by atoms with Crippen LogP contribution in [0.5, 0.6) is 5.75 Å². The summed E-state index contributed by atoms with van der Waals surface area (Å²) in [4.78, 5) is 20.8. The molecule has 1 aliphatic heterocycles. The maximum Gasteiger partial charge on any atom is 0.247 e.